The van der Waals surface area contributed by atoms with Crippen molar-refractivity contribution in [1.29, 1.82) is 0 Å². The van der Waals surface area contributed by atoms with Crippen LogP contribution >= 0.6 is 0 Å². The first kappa shape index (κ1) is 29.5. The molecule has 4 heteroatoms. The number of hydrogen-bond acceptors (Lipinski definition) is 2. The normalized spacial score (nSPS) is 11.8. The molecule has 0 aliphatic rings. The molecule has 0 spiro atoms. The van der Waals surface area contributed by atoms with Gasteiger partial charge in [0.1, 0.15) is 16.8 Å². The molecule has 0 aliphatic carbocycles. The molecule has 0 saturated carbocycles. The van der Waals surface area contributed by atoms with Crippen molar-refractivity contribution in [2.45, 2.75) is 0 Å². The summed E-state index contributed by atoms with van der Waals surface area (Å²) in [5, 5.41) is 4.72. The van der Waals surface area contributed by atoms with Crippen LogP contribution in [0, 0.1) is 0 Å². The quantitative estimate of drug-likeness (QED) is 0.182. The second kappa shape index (κ2) is 11.7. The van der Waals surface area contributed by atoms with Crippen molar-refractivity contribution in [3.05, 3.63) is 188 Å². The van der Waals surface area contributed by atoms with Crippen molar-refractivity contribution in [3.8, 4) is 50.5 Å². The van der Waals surface area contributed by atoms with Gasteiger partial charge >= 0.3 is 0 Å². The van der Waals surface area contributed by atoms with Gasteiger partial charge < -0.3 is 8.98 Å². The second-order valence-corrected chi connectivity index (χ2v) is 13.6. The molecule has 0 saturated heterocycles. The predicted molar refractivity (Wildman–Crippen MR) is 219 cm³/mol. The van der Waals surface area contributed by atoms with E-state index in [1.54, 1.807) is 0 Å². The van der Waals surface area contributed by atoms with E-state index in [2.05, 4.69) is 185 Å². The van der Waals surface area contributed by atoms with Gasteiger partial charge in [-0.05, 0) is 82.9 Å². The first-order valence-electron chi connectivity index (χ1n) is 18.0. The topological polar surface area (TPSA) is 35.4 Å². The zero-order valence-corrected chi connectivity index (χ0v) is 28.6. The largest absolute Gasteiger partial charge is 0.456 e. The lowest BCUT2D eigenvalue weighted by molar-refractivity contribution is 0.669. The third-order valence-electron chi connectivity index (χ3n) is 10.5. The first-order valence-corrected chi connectivity index (χ1v) is 18.0. The number of rotatable bonds is 5. The summed E-state index contributed by atoms with van der Waals surface area (Å²) in [5.74, 6) is 0. The molecule has 0 amide bonds. The average Bonchev–Trinajstić information content (AvgIpc) is 3.91. The number of para-hydroxylation sites is 2. The molecule has 4 heterocycles. The van der Waals surface area contributed by atoms with Gasteiger partial charge in [-0.15, -0.1) is 0 Å². The van der Waals surface area contributed by atoms with Gasteiger partial charge in [0.25, 0.3) is 0 Å². The van der Waals surface area contributed by atoms with Crippen LogP contribution in [0.25, 0.3) is 99.8 Å². The van der Waals surface area contributed by atoms with E-state index in [4.69, 9.17) is 9.40 Å². The Hall–Kier alpha value is -7.17. The second-order valence-electron chi connectivity index (χ2n) is 13.6. The van der Waals surface area contributed by atoms with Gasteiger partial charge in [-0.25, -0.2) is 4.98 Å². The summed E-state index contributed by atoms with van der Waals surface area (Å²) < 4.78 is 11.1. The number of nitrogens with zero attached hydrogens (tertiary/aromatic N) is 3. The molecule has 4 aromatic heterocycles. The lowest BCUT2D eigenvalue weighted by atomic mass is 9.94. The summed E-state index contributed by atoms with van der Waals surface area (Å²) in [5.41, 5.74) is 15.0. The first-order chi connectivity index (χ1) is 26.3. The van der Waals surface area contributed by atoms with Gasteiger partial charge in [-0.1, -0.05) is 121 Å². The highest BCUT2D eigenvalue weighted by molar-refractivity contribution is 6.14. The Morgan fingerprint density at radius 3 is 1.87 bits per heavy atom. The summed E-state index contributed by atoms with van der Waals surface area (Å²) in [6.07, 6.45) is 2.10. The third-order valence-corrected chi connectivity index (χ3v) is 10.5. The van der Waals surface area contributed by atoms with Crippen molar-refractivity contribution in [2.75, 3.05) is 0 Å². The van der Waals surface area contributed by atoms with Crippen LogP contribution in [0.5, 0.6) is 0 Å². The van der Waals surface area contributed by atoms with Gasteiger partial charge in [-0.2, -0.15) is 0 Å². The third kappa shape index (κ3) is 4.66. The number of fused-ring (bicyclic) bond motifs is 7. The summed E-state index contributed by atoms with van der Waals surface area (Å²) in [6.45, 7) is 0. The minimum absolute atomic E-state index is 0.878. The van der Waals surface area contributed by atoms with Gasteiger partial charge in [-0.3, -0.25) is 4.40 Å². The Balaban J connectivity index is 1.05. The smallest absolute Gasteiger partial charge is 0.137 e. The van der Waals surface area contributed by atoms with Crippen LogP contribution in [-0.2, 0) is 0 Å². The highest BCUT2D eigenvalue weighted by Crippen LogP contribution is 2.41. The molecular weight excluding hydrogens is 647 g/mol. The Kier molecular flexibility index (Phi) is 6.52. The van der Waals surface area contributed by atoms with E-state index in [-0.39, 0.29) is 0 Å². The molecule has 0 unspecified atom stereocenters. The molecule has 11 rings (SSSR count). The Bertz CT molecular complexity index is 3130. The Morgan fingerprint density at radius 2 is 1.08 bits per heavy atom. The fourth-order valence-corrected chi connectivity index (χ4v) is 8.18. The zero-order chi connectivity index (χ0) is 34.9. The fourth-order valence-electron chi connectivity index (χ4n) is 8.18. The van der Waals surface area contributed by atoms with Crippen LogP contribution in [0.15, 0.2) is 193 Å². The van der Waals surface area contributed by atoms with Crippen LogP contribution in [-0.4, -0.2) is 14.0 Å². The minimum Gasteiger partial charge on any atom is -0.456 e. The number of furan rings is 1. The van der Waals surface area contributed by atoms with Gasteiger partial charge in [0.15, 0.2) is 0 Å². The molecule has 0 bridgehead atoms. The molecule has 7 aromatic carbocycles. The molecule has 0 aliphatic heterocycles. The van der Waals surface area contributed by atoms with Crippen molar-refractivity contribution >= 4 is 49.4 Å². The summed E-state index contributed by atoms with van der Waals surface area (Å²) in [4.78, 5) is 5.07. The molecule has 4 nitrogen and oxygen atoms in total. The van der Waals surface area contributed by atoms with Gasteiger partial charge in [0.05, 0.1) is 22.4 Å². The number of hydrogen-bond donors (Lipinski definition) is 0. The van der Waals surface area contributed by atoms with Crippen molar-refractivity contribution < 1.29 is 4.42 Å². The van der Waals surface area contributed by atoms with E-state index in [1.807, 2.05) is 12.1 Å². The van der Waals surface area contributed by atoms with Gasteiger partial charge in [0, 0.05) is 44.6 Å². The average molecular weight is 678 g/mol. The lowest BCUT2D eigenvalue weighted by Crippen LogP contribution is -1.93. The van der Waals surface area contributed by atoms with Crippen molar-refractivity contribution in [2.24, 2.45) is 0 Å². The standard InChI is InChI=1S/C49H31N3O/c1-2-13-32(14-3-1)48-49(51-28-9-8-25-46(51)50-48)36-18-11-16-34(30-36)33-15-10-17-35(29-33)38-21-12-24-45-47(38)41-31-37(26-27-44(41)53-45)52-42-22-6-4-19-39(42)40-20-5-7-23-43(40)52/h1-31H. The highest BCUT2D eigenvalue weighted by Gasteiger charge is 2.19. The van der Waals surface area contributed by atoms with Crippen molar-refractivity contribution in [3.63, 3.8) is 0 Å². The van der Waals surface area contributed by atoms with E-state index >= 15 is 0 Å². The predicted octanol–water partition coefficient (Wildman–Crippen LogP) is 13.0. The molecule has 53 heavy (non-hydrogen) atoms. The van der Waals surface area contributed by atoms with Crippen LogP contribution in [0.2, 0.25) is 0 Å². The maximum absolute atomic E-state index is 6.50. The number of benzene rings is 7. The van der Waals surface area contributed by atoms with Crippen molar-refractivity contribution in [1.82, 2.24) is 14.0 Å². The van der Waals surface area contributed by atoms with E-state index in [0.29, 0.717) is 0 Å². The molecule has 11 aromatic rings. The van der Waals surface area contributed by atoms with Crippen LogP contribution in [0.4, 0.5) is 0 Å². The lowest BCUT2D eigenvalue weighted by Gasteiger charge is -2.11. The van der Waals surface area contributed by atoms with Crippen LogP contribution < -0.4 is 0 Å². The maximum atomic E-state index is 6.50. The molecule has 0 atom stereocenters. The number of pyridine rings is 1. The summed E-state index contributed by atoms with van der Waals surface area (Å²) in [6, 6.07) is 64.5. The molecular formula is C49H31N3O. The maximum Gasteiger partial charge on any atom is 0.137 e. The number of aromatic nitrogens is 3. The summed E-state index contributed by atoms with van der Waals surface area (Å²) in [7, 11) is 0. The zero-order valence-electron chi connectivity index (χ0n) is 28.6. The molecule has 0 radical (unpaired) electrons. The Morgan fingerprint density at radius 1 is 0.434 bits per heavy atom. The van der Waals surface area contributed by atoms with Gasteiger partial charge in [0.2, 0.25) is 0 Å². The molecule has 0 N–H and O–H groups in total. The van der Waals surface area contributed by atoms with E-state index in [0.717, 1.165) is 78.0 Å². The summed E-state index contributed by atoms with van der Waals surface area (Å²) >= 11 is 0. The Labute approximate surface area is 305 Å². The van der Waals surface area contributed by atoms with Crippen LogP contribution in [0.1, 0.15) is 0 Å². The van der Waals surface area contributed by atoms with E-state index < -0.39 is 0 Å². The SMILES string of the molecule is c1ccc(-c2nc3ccccn3c2-c2cccc(-c3cccc(-c4cccc5oc6ccc(-n7c8ccccc8c8ccccc87)cc6c45)c3)c2)cc1. The van der Waals surface area contributed by atoms with Crippen LogP contribution in [0.3, 0.4) is 0 Å². The highest BCUT2D eigenvalue weighted by atomic mass is 16.3. The molecule has 0 fully saturated rings. The monoisotopic (exact) mass is 677 g/mol. The molecule has 248 valence electrons. The number of imidazole rings is 1. The van der Waals surface area contributed by atoms with E-state index in [9.17, 15) is 0 Å². The minimum atomic E-state index is 0.878. The van der Waals surface area contributed by atoms with E-state index in [1.165, 1.54) is 21.8 Å². The fraction of sp³-hybridized carbons (Fsp3) is 0.